The maximum atomic E-state index is 12.7. The van der Waals surface area contributed by atoms with Crippen molar-refractivity contribution in [2.24, 2.45) is 7.05 Å². The SMILES string of the molecule is Cn1ncc2c(=O)n(CCC(=O)N3CCCC3c3ccsc3)cnc21. The number of aryl methyl sites for hydroxylation is 2. The van der Waals surface area contributed by atoms with Gasteiger partial charge in [0, 0.05) is 26.6 Å². The Balaban J connectivity index is 1.49. The maximum Gasteiger partial charge on any atom is 0.264 e. The number of carbonyl (C=O) groups is 1. The van der Waals surface area contributed by atoms with Crippen LogP contribution in [0, 0.1) is 0 Å². The predicted molar refractivity (Wildman–Crippen MR) is 95.4 cm³/mol. The molecule has 3 aromatic heterocycles. The Morgan fingerprint density at radius 3 is 3.12 bits per heavy atom. The van der Waals surface area contributed by atoms with Gasteiger partial charge in [-0.3, -0.25) is 18.8 Å². The number of hydrogen-bond donors (Lipinski definition) is 0. The Kier molecular flexibility index (Phi) is 4.12. The van der Waals surface area contributed by atoms with Crippen molar-refractivity contribution in [2.75, 3.05) is 6.54 Å². The molecule has 25 heavy (non-hydrogen) atoms. The molecule has 1 saturated heterocycles. The summed E-state index contributed by atoms with van der Waals surface area (Å²) >= 11 is 1.66. The van der Waals surface area contributed by atoms with E-state index in [0.29, 0.717) is 24.0 Å². The molecule has 0 radical (unpaired) electrons. The first-order valence-electron chi connectivity index (χ1n) is 8.34. The maximum absolute atomic E-state index is 12.7. The third kappa shape index (κ3) is 2.86. The van der Waals surface area contributed by atoms with Gasteiger partial charge in [-0.25, -0.2) is 4.98 Å². The fourth-order valence-electron chi connectivity index (χ4n) is 3.46. The summed E-state index contributed by atoms with van der Waals surface area (Å²) in [7, 11) is 1.75. The van der Waals surface area contributed by atoms with Crippen LogP contribution in [-0.2, 0) is 18.4 Å². The van der Waals surface area contributed by atoms with E-state index in [1.165, 1.54) is 22.7 Å². The topological polar surface area (TPSA) is 73.0 Å². The van der Waals surface area contributed by atoms with Crippen LogP contribution in [0.25, 0.3) is 11.0 Å². The van der Waals surface area contributed by atoms with Gasteiger partial charge in [0.05, 0.1) is 18.6 Å². The normalized spacial score (nSPS) is 17.5. The van der Waals surface area contributed by atoms with Crippen molar-refractivity contribution in [3.05, 3.63) is 45.3 Å². The van der Waals surface area contributed by atoms with E-state index in [1.54, 1.807) is 23.1 Å². The summed E-state index contributed by atoms with van der Waals surface area (Å²) in [6, 6.07) is 2.26. The van der Waals surface area contributed by atoms with Crippen molar-refractivity contribution < 1.29 is 4.79 Å². The van der Waals surface area contributed by atoms with E-state index in [0.717, 1.165) is 19.4 Å². The Morgan fingerprint density at radius 2 is 2.32 bits per heavy atom. The number of nitrogens with zero attached hydrogens (tertiary/aromatic N) is 5. The highest BCUT2D eigenvalue weighted by Gasteiger charge is 2.29. The quantitative estimate of drug-likeness (QED) is 0.715. The minimum atomic E-state index is -0.151. The summed E-state index contributed by atoms with van der Waals surface area (Å²) in [5.74, 6) is 0.0897. The number of thiophene rings is 1. The van der Waals surface area contributed by atoms with Gasteiger partial charge in [-0.1, -0.05) is 0 Å². The van der Waals surface area contributed by atoms with E-state index < -0.39 is 0 Å². The fourth-order valence-corrected chi connectivity index (χ4v) is 4.17. The molecule has 1 atom stereocenters. The first-order chi connectivity index (χ1) is 12.1. The molecule has 0 aliphatic carbocycles. The lowest BCUT2D eigenvalue weighted by Crippen LogP contribution is -2.32. The zero-order valence-corrected chi connectivity index (χ0v) is 14.8. The highest BCUT2D eigenvalue weighted by Crippen LogP contribution is 2.33. The molecule has 8 heteroatoms. The average molecular weight is 357 g/mol. The van der Waals surface area contributed by atoms with Crippen LogP contribution < -0.4 is 5.56 Å². The summed E-state index contributed by atoms with van der Waals surface area (Å²) in [6.45, 7) is 1.12. The van der Waals surface area contributed by atoms with E-state index in [4.69, 9.17) is 0 Å². The van der Waals surface area contributed by atoms with Crippen LogP contribution in [0.1, 0.15) is 30.9 Å². The van der Waals surface area contributed by atoms with Crippen LogP contribution in [0.4, 0.5) is 0 Å². The number of rotatable bonds is 4. The van der Waals surface area contributed by atoms with E-state index in [1.807, 2.05) is 10.3 Å². The molecule has 0 bridgehead atoms. The molecular weight excluding hydrogens is 338 g/mol. The second-order valence-electron chi connectivity index (χ2n) is 6.30. The molecule has 1 aliphatic rings. The van der Waals surface area contributed by atoms with E-state index >= 15 is 0 Å². The Bertz CT molecular complexity index is 959. The molecular formula is C17H19N5O2S. The molecule has 1 amide bonds. The smallest absolute Gasteiger partial charge is 0.264 e. The highest BCUT2D eigenvalue weighted by atomic mass is 32.1. The number of hydrogen-bond acceptors (Lipinski definition) is 5. The van der Waals surface area contributed by atoms with Gasteiger partial charge in [-0.15, -0.1) is 0 Å². The van der Waals surface area contributed by atoms with Gasteiger partial charge in [-0.05, 0) is 35.2 Å². The van der Waals surface area contributed by atoms with E-state index in [2.05, 4.69) is 21.5 Å². The van der Waals surface area contributed by atoms with Gasteiger partial charge in [0.1, 0.15) is 5.39 Å². The molecule has 1 unspecified atom stereocenters. The summed E-state index contributed by atoms with van der Waals surface area (Å²) in [5.41, 5.74) is 1.62. The molecule has 1 fully saturated rings. The van der Waals surface area contributed by atoms with E-state index in [9.17, 15) is 9.59 Å². The lowest BCUT2D eigenvalue weighted by molar-refractivity contribution is -0.132. The third-order valence-corrected chi connectivity index (χ3v) is 5.49. The molecule has 1 aliphatic heterocycles. The summed E-state index contributed by atoms with van der Waals surface area (Å²) in [4.78, 5) is 31.4. The summed E-state index contributed by atoms with van der Waals surface area (Å²) < 4.78 is 3.07. The first kappa shape index (κ1) is 16.0. The van der Waals surface area contributed by atoms with Crippen LogP contribution in [0.2, 0.25) is 0 Å². The van der Waals surface area contributed by atoms with Crippen LogP contribution in [0.15, 0.2) is 34.1 Å². The summed E-state index contributed by atoms with van der Waals surface area (Å²) in [5, 5.41) is 8.70. The van der Waals surface area contributed by atoms with Gasteiger partial charge in [-0.2, -0.15) is 16.4 Å². The van der Waals surface area contributed by atoms with Gasteiger partial charge in [0.25, 0.3) is 5.56 Å². The van der Waals surface area contributed by atoms with Gasteiger partial charge >= 0.3 is 0 Å². The third-order valence-electron chi connectivity index (χ3n) is 4.79. The summed E-state index contributed by atoms with van der Waals surface area (Å²) in [6.07, 6.45) is 5.35. The molecule has 4 heterocycles. The lowest BCUT2D eigenvalue weighted by atomic mass is 10.1. The molecule has 0 N–H and O–H groups in total. The van der Waals surface area contributed by atoms with Crippen LogP contribution in [-0.4, -0.2) is 36.7 Å². The Hall–Kier alpha value is -2.48. The van der Waals surface area contributed by atoms with Crippen LogP contribution in [0.5, 0.6) is 0 Å². The lowest BCUT2D eigenvalue weighted by Gasteiger charge is -2.24. The van der Waals surface area contributed by atoms with Crippen molar-refractivity contribution in [3.8, 4) is 0 Å². The van der Waals surface area contributed by atoms with Crippen molar-refractivity contribution in [1.82, 2.24) is 24.2 Å². The van der Waals surface area contributed by atoms with Gasteiger partial charge in [0.2, 0.25) is 5.91 Å². The molecule has 4 rings (SSSR count). The minimum absolute atomic E-state index is 0.0897. The number of amides is 1. The monoisotopic (exact) mass is 357 g/mol. The standard InChI is InChI=1S/C17H19N5O2S/c1-20-16-13(9-19-20)17(24)21(11-18-16)7-4-15(23)22-6-2-3-14(22)12-5-8-25-10-12/h5,8-11,14H,2-4,6-7H2,1H3. The number of fused-ring (bicyclic) bond motifs is 1. The molecule has 0 saturated carbocycles. The number of aromatic nitrogens is 4. The Morgan fingerprint density at radius 1 is 1.44 bits per heavy atom. The molecule has 7 nitrogen and oxygen atoms in total. The number of likely N-dealkylation sites (tertiary alicyclic amines) is 1. The zero-order valence-electron chi connectivity index (χ0n) is 14.0. The van der Waals surface area contributed by atoms with Crippen molar-refractivity contribution in [3.63, 3.8) is 0 Å². The molecule has 130 valence electrons. The second-order valence-corrected chi connectivity index (χ2v) is 7.08. The molecule has 0 aromatic carbocycles. The average Bonchev–Trinajstić information content (AvgIpc) is 3.34. The highest BCUT2D eigenvalue weighted by molar-refractivity contribution is 7.07. The largest absolute Gasteiger partial charge is 0.336 e. The van der Waals surface area contributed by atoms with E-state index in [-0.39, 0.29) is 17.5 Å². The van der Waals surface area contributed by atoms with Crippen molar-refractivity contribution >= 4 is 28.3 Å². The first-order valence-corrected chi connectivity index (χ1v) is 9.28. The minimum Gasteiger partial charge on any atom is -0.336 e. The van der Waals surface area contributed by atoms with Gasteiger partial charge < -0.3 is 4.90 Å². The fraction of sp³-hybridized carbons (Fsp3) is 0.412. The molecule has 3 aromatic rings. The van der Waals surface area contributed by atoms with Crippen molar-refractivity contribution in [2.45, 2.75) is 31.8 Å². The zero-order chi connectivity index (χ0) is 17.4. The van der Waals surface area contributed by atoms with Crippen LogP contribution >= 0.6 is 11.3 Å². The predicted octanol–water partition coefficient (Wildman–Crippen LogP) is 1.95. The second kappa shape index (κ2) is 6.44. The Labute approximate surface area is 148 Å². The van der Waals surface area contributed by atoms with Crippen molar-refractivity contribution in [1.29, 1.82) is 0 Å². The number of carbonyl (C=O) groups excluding carboxylic acids is 1. The molecule has 0 spiro atoms. The van der Waals surface area contributed by atoms with Gasteiger partial charge in [0.15, 0.2) is 5.65 Å². The van der Waals surface area contributed by atoms with Crippen LogP contribution in [0.3, 0.4) is 0 Å².